The molecule has 0 unspecified atom stereocenters. The second-order valence-electron chi connectivity index (χ2n) is 8.04. The van der Waals surface area contributed by atoms with E-state index in [9.17, 15) is 0 Å². The van der Waals surface area contributed by atoms with Gasteiger partial charge in [0.05, 0.1) is 37.8 Å². The second kappa shape index (κ2) is 7.30. The number of aryl methyl sites for hydroxylation is 1. The number of nitrogens with zero attached hydrogens (tertiary/aromatic N) is 5. The Hall–Kier alpha value is -3.55. The molecule has 31 heavy (non-hydrogen) atoms. The highest BCUT2D eigenvalue weighted by molar-refractivity contribution is 5.87. The Kier molecular flexibility index (Phi) is 4.57. The van der Waals surface area contributed by atoms with Gasteiger partial charge in [0, 0.05) is 12.6 Å². The highest BCUT2D eigenvalue weighted by Crippen LogP contribution is 2.44. The Bertz CT molecular complexity index is 1190. The van der Waals surface area contributed by atoms with Crippen LogP contribution in [-0.4, -0.2) is 45.7 Å². The van der Waals surface area contributed by atoms with E-state index in [0.29, 0.717) is 0 Å². The Balaban J connectivity index is 1.67. The molecule has 0 saturated carbocycles. The number of rotatable bonds is 5. The molecule has 0 spiro atoms. The molecule has 1 atom stereocenters. The third-order valence-corrected chi connectivity index (χ3v) is 6.11. The van der Waals surface area contributed by atoms with Crippen LogP contribution in [0.3, 0.4) is 0 Å². The van der Waals surface area contributed by atoms with Crippen LogP contribution in [0.15, 0.2) is 36.7 Å². The molecular weight excluding hydrogens is 392 g/mol. The van der Waals surface area contributed by atoms with E-state index < -0.39 is 0 Å². The van der Waals surface area contributed by atoms with Crippen molar-refractivity contribution in [2.45, 2.75) is 32.2 Å². The fourth-order valence-electron chi connectivity index (χ4n) is 4.51. The first-order valence-electron chi connectivity index (χ1n) is 10.3. The molecule has 1 radical (unpaired) electrons. The highest BCUT2D eigenvalue weighted by Gasteiger charge is 2.42. The molecule has 1 fully saturated rings. The molecule has 4 aromatic rings. The molecule has 1 aliphatic rings. The van der Waals surface area contributed by atoms with E-state index in [-0.39, 0.29) is 5.54 Å². The first-order valence-corrected chi connectivity index (χ1v) is 10.3. The third-order valence-electron chi connectivity index (χ3n) is 6.11. The largest absolute Gasteiger partial charge is 0.494 e. The van der Waals surface area contributed by atoms with Gasteiger partial charge in [-0.2, -0.15) is 10.2 Å². The molecule has 159 valence electrons. The lowest BCUT2D eigenvalue weighted by atomic mass is 9.97. The molecule has 0 bridgehead atoms. The first kappa shape index (κ1) is 19.4. The number of nitrogens with one attached hydrogen (secondary N) is 1. The van der Waals surface area contributed by atoms with Crippen molar-refractivity contribution in [1.82, 2.24) is 25.0 Å². The number of ether oxygens (including phenoxy) is 2. The van der Waals surface area contributed by atoms with Crippen LogP contribution in [0.5, 0.6) is 11.5 Å². The van der Waals surface area contributed by atoms with Gasteiger partial charge in [0.15, 0.2) is 0 Å². The van der Waals surface area contributed by atoms with Gasteiger partial charge in [-0.1, -0.05) is 0 Å². The lowest BCUT2D eigenvalue weighted by Crippen LogP contribution is -2.40. The van der Waals surface area contributed by atoms with Gasteiger partial charge in [-0.05, 0) is 56.5 Å². The standard InChI is InChI=1S/C23H25N6O2/c1-15-6-7-16(29-24-11-12-25-29)17(14-15)28-13-5-10-23(28,2)22-26-20-18(30-3)8-9-19(31-4)21(20)27-22/h6,8-9,11-12,14H,5,10,13H2,1-4H3,(H,26,27)/t23-/m0/s1. The summed E-state index contributed by atoms with van der Waals surface area (Å²) in [4.78, 5) is 12.5. The number of hydrogen-bond acceptors (Lipinski definition) is 6. The van der Waals surface area contributed by atoms with Crippen LogP contribution < -0.4 is 14.4 Å². The van der Waals surface area contributed by atoms with Crippen molar-refractivity contribution in [3.63, 3.8) is 0 Å². The van der Waals surface area contributed by atoms with Gasteiger partial charge in [0.2, 0.25) is 0 Å². The normalized spacial score (nSPS) is 18.6. The quantitative estimate of drug-likeness (QED) is 0.532. The van der Waals surface area contributed by atoms with Crippen LogP contribution >= 0.6 is 0 Å². The van der Waals surface area contributed by atoms with Crippen LogP contribution in [0.4, 0.5) is 5.69 Å². The average molecular weight is 417 g/mol. The fourth-order valence-corrected chi connectivity index (χ4v) is 4.51. The molecule has 0 aliphatic carbocycles. The van der Waals surface area contributed by atoms with E-state index in [1.807, 2.05) is 18.2 Å². The van der Waals surface area contributed by atoms with Crippen LogP contribution in [0.2, 0.25) is 0 Å². The monoisotopic (exact) mass is 417 g/mol. The maximum absolute atomic E-state index is 5.57. The summed E-state index contributed by atoms with van der Waals surface area (Å²) in [7, 11) is 3.32. The molecule has 0 amide bonds. The maximum Gasteiger partial charge on any atom is 0.146 e. The van der Waals surface area contributed by atoms with Crippen molar-refractivity contribution in [2.75, 3.05) is 25.7 Å². The van der Waals surface area contributed by atoms with E-state index in [1.165, 1.54) is 0 Å². The lowest BCUT2D eigenvalue weighted by molar-refractivity contribution is 0.409. The molecule has 8 heteroatoms. The smallest absolute Gasteiger partial charge is 0.146 e. The first-order chi connectivity index (χ1) is 15.0. The van der Waals surface area contributed by atoms with E-state index >= 15 is 0 Å². The van der Waals surface area contributed by atoms with Gasteiger partial charge in [-0.3, -0.25) is 0 Å². The Morgan fingerprint density at radius 3 is 2.61 bits per heavy atom. The Morgan fingerprint density at radius 1 is 1.13 bits per heavy atom. The SMILES string of the molecule is COc1ccc(OC)c2[nH]c([C@]3(C)CCCN3c3cc(C)c[c]c3-n3nccn3)nc12. The summed E-state index contributed by atoms with van der Waals surface area (Å²) < 4.78 is 11.1. The number of imidazole rings is 1. The van der Waals surface area contributed by atoms with E-state index in [0.717, 1.165) is 64.7 Å². The predicted molar refractivity (Wildman–Crippen MR) is 118 cm³/mol. The minimum absolute atomic E-state index is 0.349. The van der Waals surface area contributed by atoms with Gasteiger partial charge in [0.1, 0.15) is 34.0 Å². The van der Waals surface area contributed by atoms with Gasteiger partial charge in [-0.15, -0.1) is 4.80 Å². The number of H-pyrrole nitrogens is 1. The van der Waals surface area contributed by atoms with Crippen LogP contribution in [0.1, 0.15) is 31.2 Å². The molecule has 1 aliphatic heterocycles. The molecule has 5 rings (SSSR count). The number of aromatic nitrogens is 5. The van der Waals surface area contributed by atoms with Crippen molar-refractivity contribution in [1.29, 1.82) is 0 Å². The summed E-state index contributed by atoms with van der Waals surface area (Å²) in [6.07, 6.45) is 5.36. The van der Waals surface area contributed by atoms with Crippen LogP contribution in [0.25, 0.3) is 16.7 Å². The molecular formula is C23H25N6O2. The molecule has 2 aromatic heterocycles. The summed E-state index contributed by atoms with van der Waals surface area (Å²) in [6, 6.07) is 11.3. The fraction of sp³-hybridized carbons (Fsp3) is 0.348. The number of benzene rings is 2. The van der Waals surface area contributed by atoms with Gasteiger partial charge >= 0.3 is 0 Å². The van der Waals surface area contributed by atoms with Gasteiger partial charge in [-0.25, -0.2) is 4.98 Å². The summed E-state index contributed by atoms with van der Waals surface area (Å²) in [6.45, 7) is 5.19. The van der Waals surface area contributed by atoms with Crippen LogP contribution in [-0.2, 0) is 5.54 Å². The predicted octanol–water partition coefficient (Wildman–Crippen LogP) is 3.79. The summed E-state index contributed by atoms with van der Waals surface area (Å²) in [5.74, 6) is 2.34. The minimum Gasteiger partial charge on any atom is -0.494 e. The zero-order valence-electron chi connectivity index (χ0n) is 18.1. The van der Waals surface area contributed by atoms with Crippen molar-refractivity contribution in [3.8, 4) is 17.2 Å². The number of anilines is 1. The summed E-state index contributed by atoms with van der Waals surface area (Å²) >= 11 is 0. The molecule has 2 aromatic carbocycles. The molecule has 8 nitrogen and oxygen atoms in total. The van der Waals surface area contributed by atoms with E-state index in [4.69, 9.17) is 14.5 Å². The zero-order chi connectivity index (χ0) is 21.6. The number of aromatic amines is 1. The van der Waals surface area contributed by atoms with Crippen molar-refractivity contribution >= 4 is 16.7 Å². The average Bonchev–Trinajstić information content (AvgIpc) is 3.52. The third kappa shape index (κ3) is 3.01. The maximum atomic E-state index is 5.57. The van der Waals surface area contributed by atoms with Gasteiger partial charge in [0.25, 0.3) is 0 Å². The lowest BCUT2D eigenvalue weighted by Gasteiger charge is -2.36. The molecule has 1 N–H and O–H groups in total. The Labute approximate surface area is 180 Å². The summed E-state index contributed by atoms with van der Waals surface area (Å²) in [5, 5.41) is 8.68. The van der Waals surface area contributed by atoms with E-state index in [1.54, 1.807) is 31.4 Å². The van der Waals surface area contributed by atoms with Gasteiger partial charge < -0.3 is 19.4 Å². The topological polar surface area (TPSA) is 81.1 Å². The minimum atomic E-state index is -0.349. The number of fused-ring (bicyclic) bond motifs is 1. The van der Waals surface area contributed by atoms with Crippen LogP contribution in [0, 0.1) is 13.0 Å². The van der Waals surface area contributed by atoms with Crippen molar-refractivity contribution in [2.24, 2.45) is 0 Å². The van der Waals surface area contributed by atoms with Crippen molar-refractivity contribution < 1.29 is 9.47 Å². The van der Waals surface area contributed by atoms with Crippen molar-refractivity contribution in [3.05, 3.63) is 54.1 Å². The molecule has 3 heterocycles. The van der Waals surface area contributed by atoms with E-state index in [2.05, 4.69) is 46.1 Å². The zero-order valence-corrected chi connectivity index (χ0v) is 18.1. The Morgan fingerprint density at radius 2 is 1.87 bits per heavy atom. The number of methoxy groups -OCH3 is 2. The molecule has 1 saturated heterocycles. The highest BCUT2D eigenvalue weighted by atomic mass is 16.5. The summed E-state index contributed by atoms with van der Waals surface area (Å²) in [5.41, 5.74) is 4.27. The number of hydrogen-bond donors (Lipinski definition) is 1. The second-order valence-corrected chi connectivity index (χ2v) is 8.04.